The fourth-order valence-electron chi connectivity index (χ4n) is 2.96. The number of hydrogen-bond acceptors (Lipinski definition) is 4. The smallest absolute Gasteiger partial charge is 0.277 e. The van der Waals surface area contributed by atoms with Gasteiger partial charge in [0.2, 0.25) is 5.96 Å². The molecule has 0 unspecified atom stereocenters. The number of nitrogens with zero attached hydrogens (tertiary/aromatic N) is 4. The summed E-state index contributed by atoms with van der Waals surface area (Å²) in [6.07, 6.45) is 0. The molecule has 2 aromatic carbocycles. The SMILES string of the molecule is Cc1cc(C)n(C2=NS(=O)(=O)c3ccccc3N2c2ccccc2)n1. The summed E-state index contributed by atoms with van der Waals surface area (Å²) < 4.78 is 31.0. The van der Waals surface area contributed by atoms with Crippen molar-refractivity contribution in [3.63, 3.8) is 0 Å². The number of para-hydroxylation sites is 2. The highest BCUT2D eigenvalue weighted by Crippen LogP contribution is 2.36. The van der Waals surface area contributed by atoms with E-state index in [2.05, 4.69) is 9.50 Å². The van der Waals surface area contributed by atoms with E-state index in [1.54, 1.807) is 22.9 Å². The van der Waals surface area contributed by atoms with Gasteiger partial charge in [0.25, 0.3) is 10.0 Å². The molecule has 126 valence electrons. The van der Waals surface area contributed by atoms with Crippen LogP contribution in [0.2, 0.25) is 0 Å². The van der Waals surface area contributed by atoms with Crippen molar-refractivity contribution in [1.29, 1.82) is 0 Å². The third-order valence-corrected chi connectivity index (χ3v) is 5.30. The summed E-state index contributed by atoms with van der Waals surface area (Å²) in [6.45, 7) is 3.74. The van der Waals surface area contributed by atoms with E-state index in [0.29, 0.717) is 5.69 Å². The third-order valence-electron chi connectivity index (χ3n) is 4.00. The second-order valence-electron chi connectivity index (χ2n) is 5.84. The molecule has 25 heavy (non-hydrogen) atoms. The molecular formula is C18H16N4O2S. The van der Waals surface area contributed by atoms with Crippen LogP contribution in [0.15, 0.2) is 70.0 Å². The van der Waals surface area contributed by atoms with E-state index in [-0.39, 0.29) is 10.9 Å². The maximum atomic E-state index is 12.7. The number of fused-ring (bicyclic) bond motifs is 1. The van der Waals surface area contributed by atoms with Gasteiger partial charge in [0.05, 0.1) is 11.4 Å². The van der Waals surface area contributed by atoms with Crippen LogP contribution in [0, 0.1) is 13.8 Å². The Balaban J connectivity index is 2.04. The first-order valence-electron chi connectivity index (χ1n) is 7.80. The molecule has 0 N–H and O–H groups in total. The van der Waals surface area contributed by atoms with Crippen molar-refractivity contribution in [3.8, 4) is 0 Å². The minimum Gasteiger partial charge on any atom is -0.277 e. The Hall–Kier alpha value is -2.93. The van der Waals surface area contributed by atoms with Crippen LogP contribution in [-0.4, -0.2) is 24.2 Å². The summed E-state index contributed by atoms with van der Waals surface area (Å²) in [5, 5.41) is 4.43. The molecule has 3 aromatic rings. The molecule has 0 aliphatic carbocycles. The monoisotopic (exact) mass is 352 g/mol. The molecule has 6 nitrogen and oxygen atoms in total. The summed E-state index contributed by atoms with van der Waals surface area (Å²) in [5.74, 6) is 0.246. The van der Waals surface area contributed by atoms with Crippen molar-refractivity contribution >= 4 is 27.4 Å². The van der Waals surface area contributed by atoms with Gasteiger partial charge in [0, 0.05) is 11.4 Å². The van der Waals surface area contributed by atoms with Crippen LogP contribution < -0.4 is 4.90 Å². The van der Waals surface area contributed by atoms with E-state index in [1.807, 2.05) is 61.2 Å². The summed E-state index contributed by atoms with van der Waals surface area (Å²) >= 11 is 0. The van der Waals surface area contributed by atoms with E-state index in [0.717, 1.165) is 17.1 Å². The van der Waals surface area contributed by atoms with Crippen molar-refractivity contribution in [2.24, 2.45) is 4.40 Å². The van der Waals surface area contributed by atoms with Crippen LogP contribution in [0.25, 0.3) is 0 Å². The highest BCUT2D eigenvalue weighted by Gasteiger charge is 2.33. The molecule has 7 heteroatoms. The van der Waals surface area contributed by atoms with Crippen molar-refractivity contribution in [2.75, 3.05) is 4.90 Å². The van der Waals surface area contributed by atoms with Crippen LogP contribution in [-0.2, 0) is 10.0 Å². The summed E-state index contributed by atoms with van der Waals surface area (Å²) in [6, 6.07) is 18.3. The lowest BCUT2D eigenvalue weighted by Crippen LogP contribution is -2.38. The van der Waals surface area contributed by atoms with Gasteiger partial charge in [-0.1, -0.05) is 30.3 Å². The van der Waals surface area contributed by atoms with Crippen LogP contribution in [0.3, 0.4) is 0 Å². The molecular weight excluding hydrogens is 336 g/mol. The Morgan fingerprint density at radius 1 is 0.920 bits per heavy atom. The van der Waals surface area contributed by atoms with Gasteiger partial charge < -0.3 is 0 Å². The Morgan fingerprint density at radius 3 is 2.28 bits per heavy atom. The molecule has 0 spiro atoms. The van der Waals surface area contributed by atoms with Gasteiger partial charge in [0.1, 0.15) is 4.90 Å². The van der Waals surface area contributed by atoms with E-state index in [9.17, 15) is 8.42 Å². The zero-order valence-electron chi connectivity index (χ0n) is 13.8. The molecule has 1 aromatic heterocycles. The molecule has 0 amide bonds. The molecule has 0 saturated heterocycles. The first kappa shape index (κ1) is 15.6. The van der Waals surface area contributed by atoms with Crippen molar-refractivity contribution in [2.45, 2.75) is 18.7 Å². The zero-order chi connectivity index (χ0) is 17.6. The average molecular weight is 352 g/mol. The van der Waals surface area contributed by atoms with Crippen LogP contribution in [0.4, 0.5) is 11.4 Å². The fraction of sp³-hybridized carbons (Fsp3) is 0.111. The van der Waals surface area contributed by atoms with E-state index in [1.165, 1.54) is 0 Å². The van der Waals surface area contributed by atoms with Crippen molar-refractivity contribution in [3.05, 3.63) is 72.1 Å². The minimum atomic E-state index is -3.80. The van der Waals surface area contributed by atoms with Crippen LogP contribution >= 0.6 is 0 Å². The predicted molar refractivity (Wildman–Crippen MR) is 96.7 cm³/mol. The van der Waals surface area contributed by atoms with Gasteiger partial charge in [-0.25, -0.2) is 4.68 Å². The number of rotatable bonds is 1. The fourth-order valence-corrected chi connectivity index (χ4v) is 4.11. The van der Waals surface area contributed by atoms with Crippen molar-refractivity contribution < 1.29 is 8.42 Å². The molecule has 0 fully saturated rings. The van der Waals surface area contributed by atoms with Gasteiger partial charge in [-0.3, -0.25) is 4.90 Å². The van der Waals surface area contributed by atoms with Crippen molar-refractivity contribution in [1.82, 2.24) is 9.78 Å². The van der Waals surface area contributed by atoms with Crippen LogP contribution in [0.1, 0.15) is 11.4 Å². The van der Waals surface area contributed by atoms with Gasteiger partial charge in [-0.2, -0.15) is 13.5 Å². The second kappa shape index (κ2) is 5.56. The molecule has 0 atom stereocenters. The molecule has 2 heterocycles. The quantitative estimate of drug-likeness (QED) is 0.674. The second-order valence-corrected chi connectivity index (χ2v) is 7.42. The summed E-state index contributed by atoms with van der Waals surface area (Å²) in [5.41, 5.74) is 2.98. The third kappa shape index (κ3) is 2.53. The van der Waals surface area contributed by atoms with Gasteiger partial charge in [0.15, 0.2) is 0 Å². The molecule has 4 rings (SSSR count). The standard InChI is InChI=1S/C18H16N4O2S/c1-13-12-14(2)22(19-13)18-20-25(23,24)17-11-7-6-10-16(17)21(18)15-8-4-3-5-9-15/h3-12H,1-2H3. The molecule has 0 radical (unpaired) electrons. The Morgan fingerprint density at radius 2 is 1.60 bits per heavy atom. The lowest BCUT2D eigenvalue weighted by Gasteiger charge is -2.30. The maximum absolute atomic E-state index is 12.7. The van der Waals surface area contributed by atoms with Crippen LogP contribution in [0.5, 0.6) is 0 Å². The topological polar surface area (TPSA) is 67.6 Å². The normalized spacial score (nSPS) is 15.6. The summed E-state index contributed by atoms with van der Waals surface area (Å²) in [4.78, 5) is 2.00. The number of sulfonamides is 1. The van der Waals surface area contributed by atoms with Gasteiger partial charge in [-0.05, 0) is 44.2 Å². The van der Waals surface area contributed by atoms with E-state index >= 15 is 0 Å². The molecule has 1 aliphatic heterocycles. The lowest BCUT2D eigenvalue weighted by atomic mass is 10.2. The first-order valence-corrected chi connectivity index (χ1v) is 9.24. The maximum Gasteiger partial charge on any atom is 0.287 e. The minimum absolute atomic E-state index is 0.184. The van der Waals surface area contributed by atoms with Gasteiger partial charge in [-0.15, -0.1) is 4.40 Å². The largest absolute Gasteiger partial charge is 0.287 e. The summed E-state index contributed by atoms with van der Waals surface area (Å²) in [7, 11) is -3.80. The highest BCUT2D eigenvalue weighted by molar-refractivity contribution is 7.90. The number of benzene rings is 2. The Labute approximate surface area is 146 Å². The van der Waals surface area contributed by atoms with E-state index < -0.39 is 10.0 Å². The molecule has 0 bridgehead atoms. The highest BCUT2D eigenvalue weighted by atomic mass is 32.2. The Bertz CT molecular complexity index is 1090. The number of anilines is 2. The average Bonchev–Trinajstić information content (AvgIpc) is 2.93. The molecule has 1 aliphatic rings. The number of hydrogen-bond donors (Lipinski definition) is 0. The first-order chi connectivity index (χ1) is 12.0. The zero-order valence-corrected chi connectivity index (χ0v) is 14.6. The van der Waals surface area contributed by atoms with Gasteiger partial charge >= 0.3 is 0 Å². The van der Waals surface area contributed by atoms with E-state index in [4.69, 9.17) is 0 Å². The lowest BCUT2D eigenvalue weighted by molar-refractivity contribution is 0.596. The number of aromatic nitrogens is 2. The molecule has 0 saturated carbocycles. The number of aryl methyl sites for hydroxylation is 2. The predicted octanol–water partition coefficient (Wildman–Crippen LogP) is 3.24. The Kier molecular flexibility index (Phi) is 3.47.